The number of carboxylic acid groups (broad SMARTS) is 1. The van der Waals surface area contributed by atoms with Crippen molar-refractivity contribution in [3.05, 3.63) is 106 Å². The van der Waals surface area contributed by atoms with Crippen molar-refractivity contribution >= 4 is 46.9 Å². The third kappa shape index (κ3) is 9.92. The summed E-state index contributed by atoms with van der Waals surface area (Å²) in [4.78, 5) is 36.6. The van der Waals surface area contributed by atoms with Crippen LogP contribution in [0.2, 0.25) is 10.0 Å². The van der Waals surface area contributed by atoms with Crippen molar-refractivity contribution < 1.29 is 37.7 Å². The summed E-state index contributed by atoms with van der Waals surface area (Å²) in [5.41, 5.74) is 2.37. The van der Waals surface area contributed by atoms with E-state index in [4.69, 9.17) is 32.7 Å². The van der Waals surface area contributed by atoms with Gasteiger partial charge in [-0.05, 0) is 78.9 Å². The van der Waals surface area contributed by atoms with Crippen molar-refractivity contribution in [2.24, 2.45) is 0 Å². The summed E-state index contributed by atoms with van der Waals surface area (Å²) >= 11 is 12.5. The van der Waals surface area contributed by atoms with Gasteiger partial charge in [-0.15, -0.1) is 0 Å². The maximum Gasteiger partial charge on any atom is 0.411 e. The Kier molecular flexibility index (Phi) is 12.3. The number of unbranched alkanes of at least 4 members (excludes halogenated alkanes) is 3. The molecule has 0 spiro atoms. The van der Waals surface area contributed by atoms with Crippen molar-refractivity contribution in [2.45, 2.75) is 25.7 Å². The lowest BCUT2D eigenvalue weighted by molar-refractivity contribution is -0.139. The van der Waals surface area contributed by atoms with Gasteiger partial charge in [0.1, 0.15) is 17.4 Å². The molecule has 0 aliphatic rings. The lowest BCUT2D eigenvalue weighted by Gasteiger charge is -2.18. The number of carbonyl (C=O) groups excluding carboxylic acids is 2. The van der Waals surface area contributed by atoms with Crippen LogP contribution in [0.15, 0.2) is 78.9 Å². The predicted octanol–water partition coefficient (Wildman–Crippen LogP) is 8.61. The van der Waals surface area contributed by atoms with Crippen LogP contribution in [0.1, 0.15) is 36.0 Å². The van der Waals surface area contributed by atoms with Crippen LogP contribution in [0, 0.1) is 11.6 Å². The summed E-state index contributed by atoms with van der Waals surface area (Å²) in [5, 5.41) is 15.4. The number of hydrogen-bond acceptors (Lipinski definition) is 5. The molecule has 0 aliphatic carbocycles. The number of carboxylic acids is 1. The normalized spacial score (nSPS) is 10.7. The van der Waals surface area contributed by atoms with Crippen LogP contribution in [0.4, 0.5) is 19.3 Å². The van der Waals surface area contributed by atoms with Crippen LogP contribution in [0.3, 0.4) is 0 Å². The Balaban J connectivity index is 1.38. The number of anilines is 1. The zero-order chi connectivity index (χ0) is 33.1. The number of nitrogens with one attached hydrogen (secondary N) is 2. The highest BCUT2D eigenvalue weighted by Crippen LogP contribution is 2.41. The SMILES string of the molecule is O=C(O)COc1c(-c2cccc(Cl)c2)cc(C(=O)NCCCCCCOC(=O)Nc2ccc(F)cc2F)cc1-c1cccc(Cl)c1. The summed E-state index contributed by atoms with van der Waals surface area (Å²) in [5.74, 6) is -2.89. The number of amides is 2. The Morgan fingerprint density at radius 1 is 0.783 bits per heavy atom. The van der Waals surface area contributed by atoms with Crippen molar-refractivity contribution in [1.82, 2.24) is 5.32 Å². The van der Waals surface area contributed by atoms with Gasteiger partial charge in [0.15, 0.2) is 6.61 Å². The van der Waals surface area contributed by atoms with Gasteiger partial charge in [0, 0.05) is 39.3 Å². The molecule has 0 unspecified atom stereocenters. The Labute approximate surface area is 274 Å². The first kappa shape index (κ1) is 34.2. The lowest BCUT2D eigenvalue weighted by Crippen LogP contribution is -2.24. The van der Waals surface area contributed by atoms with Crippen molar-refractivity contribution in [1.29, 1.82) is 0 Å². The molecule has 12 heteroatoms. The van der Waals surface area contributed by atoms with Gasteiger partial charge < -0.3 is 19.9 Å². The molecule has 0 heterocycles. The average Bonchev–Trinajstić information content (AvgIpc) is 3.02. The number of hydrogen-bond donors (Lipinski definition) is 3. The summed E-state index contributed by atoms with van der Waals surface area (Å²) in [6.45, 7) is -0.120. The van der Waals surface area contributed by atoms with E-state index in [9.17, 15) is 28.3 Å². The van der Waals surface area contributed by atoms with Gasteiger partial charge in [0.2, 0.25) is 0 Å². The summed E-state index contributed by atoms with van der Waals surface area (Å²) in [7, 11) is 0. The molecule has 4 rings (SSSR count). The van der Waals surface area contributed by atoms with Gasteiger partial charge in [0.25, 0.3) is 5.91 Å². The Bertz CT molecular complexity index is 1650. The van der Waals surface area contributed by atoms with Crippen LogP contribution in [0.25, 0.3) is 22.3 Å². The number of rotatable bonds is 14. The molecule has 46 heavy (non-hydrogen) atoms. The molecule has 0 atom stereocenters. The van der Waals surface area contributed by atoms with E-state index >= 15 is 0 Å². The molecule has 240 valence electrons. The summed E-state index contributed by atoms with van der Waals surface area (Å²) in [6, 6.07) is 19.9. The molecule has 0 aromatic heterocycles. The summed E-state index contributed by atoms with van der Waals surface area (Å²) < 4.78 is 37.5. The highest BCUT2D eigenvalue weighted by Gasteiger charge is 2.20. The van der Waals surface area contributed by atoms with Crippen LogP contribution in [-0.4, -0.2) is 42.8 Å². The number of halogens is 4. The fourth-order valence-electron chi connectivity index (χ4n) is 4.58. The van der Waals surface area contributed by atoms with Crippen molar-refractivity contribution in [2.75, 3.05) is 25.1 Å². The van der Waals surface area contributed by atoms with E-state index in [0.29, 0.717) is 69.7 Å². The van der Waals surface area contributed by atoms with Crippen LogP contribution < -0.4 is 15.4 Å². The lowest BCUT2D eigenvalue weighted by atomic mass is 9.94. The van der Waals surface area contributed by atoms with E-state index in [1.165, 1.54) is 0 Å². The molecule has 3 N–H and O–H groups in total. The highest BCUT2D eigenvalue weighted by molar-refractivity contribution is 6.31. The standard InChI is InChI=1S/C34H30Cl2F2N2O6/c35-24-9-5-7-21(15-24)27-17-23(18-28(32(27)46-20-31(41)42)22-8-6-10-25(36)16-22)33(43)39-13-3-1-2-4-14-45-34(44)40-30-12-11-26(37)19-29(30)38/h5-12,15-19H,1-4,13-14,20H2,(H,39,43)(H,40,44)(H,41,42). The maximum absolute atomic E-state index is 13.7. The van der Waals surface area contributed by atoms with Gasteiger partial charge in [-0.3, -0.25) is 10.1 Å². The molecule has 2 amide bonds. The third-order valence-corrected chi connectivity index (χ3v) is 7.19. The second-order valence-electron chi connectivity index (χ2n) is 10.2. The van der Waals surface area contributed by atoms with Gasteiger partial charge in [0.05, 0.1) is 12.3 Å². The van der Waals surface area contributed by atoms with Crippen molar-refractivity contribution in [3.8, 4) is 28.0 Å². The summed E-state index contributed by atoms with van der Waals surface area (Å²) in [6.07, 6.45) is 1.81. The van der Waals surface area contributed by atoms with Gasteiger partial charge in [-0.1, -0.05) is 53.9 Å². The zero-order valence-corrected chi connectivity index (χ0v) is 26.0. The van der Waals surface area contributed by atoms with Gasteiger partial charge >= 0.3 is 12.1 Å². The number of carbonyl (C=O) groups is 3. The third-order valence-electron chi connectivity index (χ3n) is 6.72. The van der Waals surface area contributed by atoms with Crippen LogP contribution >= 0.6 is 23.2 Å². The first-order valence-electron chi connectivity index (χ1n) is 14.3. The Morgan fingerprint density at radius 2 is 1.41 bits per heavy atom. The Hall–Kier alpha value is -4.67. The fourth-order valence-corrected chi connectivity index (χ4v) is 4.96. The minimum absolute atomic E-state index is 0.107. The second-order valence-corrected chi connectivity index (χ2v) is 11.0. The molecule has 0 saturated carbocycles. The molecule has 0 aliphatic heterocycles. The van der Waals surface area contributed by atoms with Crippen molar-refractivity contribution in [3.63, 3.8) is 0 Å². The maximum atomic E-state index is 13.7. The van der Waals surface area contributed by atoms with E-state index in [0.717, 1.165) is 18.6 Å². The average molecular weight is 672 g/mol. The monoisotopic (exact) mass is 670 g/mol. The molecule has 4 aromatic rings. The predicted molar refractivity (Wildman–Crippen MR) is 173 cm³/mol. The number of ether oxygens (including phenoxy) is 2. The fraction of sp³-hybridized carbons (Fsp3) is 0.206. The molecule has 0 bridgehead atoms. The largest absolute Gasteiger partial charge is 0.481 e. The molecular weight excluding hydrogens is 641 g/mol. The topological polar surface area (TPSA) is 114 Å². The molecular formula is C34H30Cl2F2N2O6. The number of aliphatic carboxylic acids is 1. The number of benzene rings is 4. The van der Waals surface area contributed by atoms with E-state index in [1.807, 2.05) is 0 Å². The van der Waals surface area contributed by atoms with E-state index in [-0.39, 0.29) is 24.0 Å². The van der Waals surface area contributed by atoms with E-state index < -0.39 is 30.3 Å². The smallest absolute Gasteiger partial charge is 0.411 e. The second kappa shape index (κ2) is 16.6. The van der Waals surface area contributed by atoms with Gasteiger partial charge in [-0.2, -0.15) is 0 Å². The first-order valence-corrected chi connectivity index (χ1v) is 15.1. The minimum atomic E-state index is -1.16. The molecule has 4 aromatic carbocycles. The van der Waals surface area contributed by atoms with Crippen LogP contribution in [-0.2, 0) is 9.53 Å². The molecule has 0 fully saturated rings. The quantitative estimate of drug-likeness (QED) is 0.116. The van der Waals surface area contributed by atoms with Crippen LogP contribution in [0.5, 0.6) is 5.75 Å². The molecule has 0 saturated heterocycles. The van der Waals surface area contributed by atoms with E-state index in [2.05, 4.69) is 10.6 Å². The minimum Gasteiger partial charge on any atom is -0.481 e. The van der Waals surface area contributed by atoms with Gasteiger partial charge in [-0.25, -0.2) is 18.4 Å². The Morgan fingerprint density at radius 3 is 2.00 bits per heavy atom. The zero-order valence-electron chi connectivity index (χ0n) is 24.5. The van der Waals surface area contributed by atoms with E-state index in [1.54, 1.807) is 60.7 Å². The first-order chi connectivity index (χ1) is 22.1. The molecule has 0 radical (unpaired) electrons. The highest BCUT2D eigenvalue weighted by atomic mass is 35.5. The molecule has 8 nitrogen and oxygen atoms in total.